The summed E-state index contributed by atoms with van der Waals surface area (Å²) < 4.78 is 29.9. The van der Waals surface area contributed by atoms with Crippen LogP contribution in [0.25, 0.3) is 0 Å². The van der Waals surface area contributed by atoms with Crippen LogP contribution in [0.15, 0.2) is 78.9 Å². The van der Waals surface area contributed by atoms with Gasteiger partial charge in [-0.15, -0.1) is 0 Å². The van der Waals surface area contributed by atoms with E-state index in [1.54, 1.807) is 30.3 Å². The average molecular weight is 406 g/mol. The first-order valence-electron chi connectivity index (χ1n) is 8.78. The van der Waals surface area contributed by atoms with Gasteiger partial charge in [0.2, 0.25) is 0 Å². The van der Waals surface area contributed by atoms with Gasteiger partial charge in [0.25, 0.3) is 5.91 Å². The standard InChI is InChI=1S/C22H18N2O4S/c23-14-18-8-4-9-19(12-18)16-29(26,27)28-21-11-5-10-20(13-21)22(25)24-15-17-6-2-1-3-7-17/h1-13H,15-16H2,(H,24,25). The molecule has 0 bridgehead atoms. The summed E-state index contributed by atoms with van der Waals surface area (Å²) in [6.07, 6.45) is 0. The van der Waals surface area contributed by atoms with Crippen molar-refractivity contribution >= 4 is 16.0 Å². The highest BCUT2D eigenvalue weighted by Crippen LogP contribution is 2.18. The number of carbonyl (C=O) groups is 1. The van der Waals surface area contributed by atoms with Crippen molar-refractivity contribution < 1.29 is 17.4 Å². The van der Waals surface area contributed by atoms with Crippen molar-refractivity contribution in [3.8, 4) is 11.8 Å². The number of hydrogen-bond donors (Lipinski definition) is 1. The maximum absolute atomic E-state index is 12.4. The minimum atomic E-state index is -3.95. The Morgan fingerprint density at radius 2 is 1.66 bits per heavy atom. The van der Waals surface area contributed by atoms with E-state index >= 15 is 0 Å². The summed E-state index contributed by atoms with van der Waals surface area (Å²) in [5.41, 5.74) is 2.06. The number of carbonyl (C=O) groups excluding carboxylic acids is 1. The lowest BCUT2D eigenvalue weighted by Gasteiger charge is -2.09. The minimum absolute atomic E-state index is 0.0498. The van der Waals surface area contributed by atoms with Crippen molar-refractivity contribution in [3.05, 3.63) is 101 Å². The van der Waals surface area contributed by atoms with Crippen LogP contribution in [0, 0.1) is 11.3 Å². The number of amides is 1. The number of nitrogens with zero attached hydrogens (tertiary/aromatic N) is 1. The Balaban J connectivity index is 1.66. The Kier molecular flexibility index (Phi) is 6.27. The first-order valence-corrected chi connectivity index (χ1v) is 10.4. The Hall–Kier alpha value is -3.63. The molecule has 0 saturated carbocycles. The molecule has 1 amide bonds. The van der Waals surface area contributed by atoms with E-state index in [-0.39, 0.29) is 17.4 Å². The van der Waals surface area contributed by atoms with Gasteiger partial charge < -0.3 is 9.50 Å². The molecule has 0 fully saturated rings. The van der Waals surface area contributed by atoms with E-state index < -0.39 is 10.1 Å². The van der Waals surface area contributed by atoms with Gasteiger partial charge in [-0.3, -0.25) is 4.79 Å². The van der Waals surface area contributed by atoms with Crippen molar-refractivity contribution in [2.75, 3.05) is 0 Å². The molecule has 3 aromatic carbocycles. The predicted octanol–water partition coefficient (Wildman–Crippen LogP) is 3.40. The largest absolute Gasteiger partial charge is 0.382 e. The van der Waals surface area contributed by atoms with E-state index in [2.05, 4.69) is 5.32 Å². The summed E-state index contributed by atoms with van der Waals surface area (Å²) in [6.45, 7) is 0.359. The van der Waals surface area contributed by atoms with Crippen molar-refractivity contribution in [1.29, 1.82) is 5.26 Å². The summed E-state index contributed by atoms with van der Waals surface area (Å²) in [5.74, 6) is -0.667. The van der Waals surface area contributed by atoms with Crippen LogP contribution in [-0.2, 0) is 22.4 Å². The van der Waals surface area contributed by atoms with Crippen LogP contribution in [0.3, 0.4) is 0 Å². The number of nitriles is 1. The molecule has 0 aliphatic heterocycles. The van der Waals surface area contributed by atoms with E-state index in [1.807, 2.05) is 36.4 Å². The molecule has 0 atom stereocenters. The normalized spacial score (nSPS) is 10.7. The molecule has 29 heavy (non-hydrogen) atoms. The van der Waals surface area contributed by atoms with Gasteiger partial charge in [0.05, 0.1) is 11.6 Å². The lowest BCUT2D eigenvalue weighted by Crippen LogP contribution is -2.22. The molecule has 3 rings (SSSR count). The van der Waals surface area contributed by atoms with Crippen LogP contribution in [0.5, 0.6) is 5.75 Å². The zero-order valence-electron chi connectivity index (χ0n) is 15.4. The van der Waals surface area contributed by atoms with E-state index in [0.29, 0.717) is 23.2 Å². The molecule has 0 radical (unpaired) electrons. The van der Waals surface area contributed by atoms with Crippen LogP contribution in [0.1, 0.15) is 27.0 Å². The number of hydrogen-bond acceptors (Lipinski definition) is 5. The van der Waals surface area contributed by atoms with Crippen LogP contribution >= 0.6 is 0 Å². The molecule has 146 valence electrons. The highest BCUT2D eigenvalue weighted by molar-refractivity contribution is 7.86. The van der Waals surface area contributed by atoms with E-state index in [0.717, 1.165) is 5.56 Å². The van der Waals surface area contributed by atoms with Gasteiger partial charge in [0, 0.05) is 12.1 Å². The molecule has 0 aliphatic rings. The zero-order valence-corrected chi connectivity index (χ0v) is 16.2. The monoisotopic (exact) mass is 406 g/mol. The molecule has 0 aromatic heterocycles. The molecule has 6 nitrogen and oxygen atoms in total. The van der Waals surface area contributed by atoms with E-state index in [4.69, 9.17) is 9.44 Å². The minimum Gasteiger partial charge on any atom is -0.382 e. The molecule has 0 heterocycles. The second kappa shape index (κ2) is 9.04. The van der Waals surface area contributed by atoms with Gasteiger partial charge in [0.1, 0.15) is 11.5 Å². The summed E-state index contributed by atoms with van der Waals surface area (Å²) in [5, 5.41) is 11.7. The highest BCUT2D eigenvalue weighted by Gasteiger charge is 2.16. The second-order valence-corrected chi connectivity index (χ2v) is 7.86. The Morgan fingerprint density at radius 1 is 0.931 bits per heavy atom. The fourth-order valence-corrected chi connectivity index (χ4v) is 3.72. The third kappa shape index (κ3) is 5.92. The van der Waals surface area contributed by atoms with Crippen molar-refractivity contribution in [2.45, 2.75) is 12.3 Å². The quantitative estimate of drug-likeness (QED) is 0.607. The topological polar surface area (TPSA) is 96.3 Å². The molecule has 1 N–H and O–H groups in total. The van der Waals surface area contributed by atoms with Gasteiger partial charge in [-0.05, 0) is 41.5 Å². The second-order valence-electron chi connectivity index (χ2n) is 6.29. The van der Waals surface area contributed by atoms with Gasteiger partial charge >= 0.3 is 10.1 Å². The van der Waals surface area contributed by atoms with Crippen LogP contribution in [0.4, 0.5) is 0 Å². The van der Waals surface area contributed by atoms with Gasteiger partial charge in [0.15, 0.2) is 0 Å². The lowest BCUT2D eigenvalue weighted by molar-refractivity contribution is 0.0950. The molecule has 0 aliphatic carbocycles. The lowest BCUT2D eigenvalue weighted by atomic mass is 10.2. The van der Waals surface area contributed by atoms with E-state index in [9.17, 15) is 13.2 Å². The van der Waals surface area contributed by atoms with Crippen LogP contribution in [-0.4, -0.2) is 14.3 Å². The number of nitrogens with one attached hydrogen (secondary N) is 1. The summed E-state index contributed by atoms with van der Waals surface area (Å²) in [6, 6.07) is 23.7. The summed E-state index contributed by atoms with van der Waals surface area (Å²) in [7, 11) is -3.95. The number of rotatable bonds is 7. The average Bonchev–Trinajstić information content (AvgIpc) is 2.72. The zero-order chi connectivity index (χ0) is 20.7. The Morgan fingerprint density at radius 3 is 2.41 bits per heavy atom. The SMILES string of the molecule is N#Cc1cccc(CS(=O)(=O)Oc2cccc(C(=O)NCc3ccccc3)c2)c1. The smallest absolute Gasteiger partial charge is 0.313 e. The first-order chi connectivity index (χ1) is 13.9. The Bertz CT molecular complexity index is 1150. The fourth-order valence-electron chi connectivity index (χ4n) is 2.68. The third-order valence-corrected chi connectivity index (χ3v) is 5.15. The molecule has 7 heteroatoms. The third-order valence-electron chi connectivity index (χ3n) is 4.01. The van der Waals surface area contributed by atoms with E-state index in [1.165, 1.54) is 18.2 Å². The Labute approximate surface area is 169 Å². The van der Waals surface area contributed by atoms with Gasteiger partial charge in [-0.25, -0.2) is 0 Å². The predicted molar refractivity (Wildman–Crippen MR) is 108 cm³/mol. The highest BCUT2D eigenvalue weighted by atomic mass is 32.2. The van der Waals surface area contributed by atoms with Crippen molar-refractivity contribution in [3.63, 3.8) is 0 Å². The first kappa shape index (κ1) is 20.1. The van der Waals surface area contributed by atoms with Gasteiger partial charge in [-0.1, -0.05) is 48.5 Å². The molecular weight excluding hydrogens is 388 g/mol. The fraction of sp³-hybridized carbons (Fsp3) is 0.0909. The maximum atomic E-state index is 12.4. The summed E-state index contributed by atoms with van der Waals surface area (Å²) in [4.78, 5) is 12.4. The molecular formula is C22H18N2O4S. The number of benzene rings is 3. The molecule has 0 saturated heterocycles. The van der Waals surface area contributed by atoms with Crippen LogP contribution < -0.4 is 9.50 Å². The van der Waals surface area contributed by atoms with Crippen molar-refractivity contribution in [2.24, 2.45) is 0 Å². The summed E-state index contributed by atoms with van der Waals surface area (Å²) >= 11 is 0. The van der Waals surface area contributed by atoms with Crippen LogP contribution in [0.2, 0.25) is 0 Å². The molecule has 0 spiro atoms. The maximum Gasteiger partial charge on any atom is 0.313 e. The van der Waals surface area contributed by atoms with Crippen molar-refractivity contribution in [1.82, 2.24) is 5.32 Å². The molecule has 3 aromatic rings. The van der Waals surface area contributed by atoms with Gasteiger partial charge in [-0.2, -0.15) is 13.7 Å². The molecule has 0 unspecified atom stereocenters.